The predicted molar refractivity (Wildman–Crippen MR) is 79.4 cm³/mol. The molecule has 0 atom stereocenters. The molecule has 2 rings (SSSR count). The summed E-state index contributed by atoms with van der Waals surface area (Å²) in [4.78, 5) is 0. The van der Waals surface area contributed by atoms with Crippen molar-refractivity contribution < 1.29 is 0 Å². The average Bonchev–Trinajstić information content (AvgIpc) is 2.34. The van der Waals surface area contributed by atoms with Crippen molar-refractivity contribution in [1.29, 1.82) is 0 Å². The van der Waals surface area contributed by atoms with Crippen molar-refractivity contribution in [2.75, 3.05) is 11.1 Å². The number of rotatable bonds is 3. The highest BCUT2D eigenvalue weighted by Gasteiger charge is 2.04. The maximum absolute atomic E-state index is 6.10. The summed E-state index contributed by atoms with van der Waals surface area (Å²) in [7, 11) is 0. The fourth-order valence-corrected chi connectivity index (χ4v) is 2.09. The van der Waals surface area contributed by atoms with E-state index in [0.717, 1.165) is 21.8 Å². The monoisotopic (exact) mass is 280 g/mol. The summed E-state index contributed by atoms with van der Waals surface area (Å²) in [6.07, 6.45) is 0. The first kappa shape index (κ1) is 13.1. The maximum Gasteiger partial charge on any atom is 0.0656 e. The van der Waals surface area contributed by atoms with Gasteiger partial charge < -0.3 is 11.1 Å². The number of hydrogen-bond acceptors (Lipinski definition) is 2. The molecule has 4 heteroatoms. The molecule has 0 aliphatic rings. The molecule has 2 aromatic rings. The fourth-order valence-electron chi connectivity index (χ4n) is 1.73. The molecule has 0 aliphatic heterocycles. The molecule has 0 aromatic heterocycles. The molecule has 3 N–H and O–H groups in total. The second kappa shape index (κ2) is 5.51. The van der Waals surface area contributed by atoms with Crippen molar-refractivity contribution in [3.8, 4) is 0 Å². The standard InChI is InChI=1S/C14H14Cl2N2/c1-9-6-13(17)12(16)7-14(9)18-8-10-4-2-3-5-11(10)15/h2-7,18H,8,17H2,1H3. The summed E-state index contributed by atoms with van der Waals surface area (Å²) in [6.45, 7) is 2.64. The molecule has 0 heterocycles. The van der Waals surface area contributed by atoms with Crippen LogP contribution in [0, 0.1) is 6.92 Å². The number of hydrogen-bond donors (Lipinski definition) is 2. The fraction of sp³-hybridized carbons (Fsp3) is 0.143. The van der Waals surface area contributed by atoms with Gasteiger partial charge in [-0.3, -0.25) is 0 Å². The van der Waals surface area contributed by atoms with Crippen LogP contribution in [0.25, 0.3) is 0 Å². The first-order valence-electron chi connectivity index (χ1n) is 5.61. The lowest BCUT2D eigenvalue weighted by Gasteiger charge is -2.12. The quantitative estimate of drug-likeness (QED) is 0.813. The maximum atomic E-state index is 6.10. The van der Waals surface area contributed by atoms with Gasteiger partial charge in [0.05, 0.1) is 10.7 Å². The highest BCUT2D eigenvalue weighted by atomic mass is 35.5. The van der Waals surface area contributed by atoms with Gasteiger partial charge in [0.1, 0.15) is 0 Å². The molecule has 0 amide bonds. The van der Waals surface area contributed by atoms with E-state index >= 15 is 0 Å². The number of aryl methyl sites for hydroxylation is 1. The minimum atomic E-state index is 0.558. The third-order valence-corrected chi connectivity index (χ3v) is 3.47. The zero-order chi connectivity index (χ0) is 13.1. The summed E-state index contributed by atoms with van der Waals surface area (Å²) in [5.41, 5.74) is 9.41. The smallest absolute Gasteiger partial charge is 0.0656 e. The lowest BCUT2D eigenvalue weighted by molar-refractivity contribution is 1.14. The first-order chi connectivity index (χ1) is 8.58. The summed E-state index contributed by atoms with van der Waals surface area (Å²) in [6, 6.07) is 11.4. The highest BCUT2D eigenvalue weighted by molar-refractivity contribution is 6.33. The molecule has 0 spiro atoms. The Labute approximate surface area is 117 Å². The molecular formula is C14H14Cl2N2. The van der Waals surface area contributed by atoms with E-state index in [1.54, 1.807) is 0 Å². The minimum Gasteiger partial charge on any atom is -0.398 e. The lowest BCUT2D eigenvalue weighted by atomic mass is 10.1. The number of anilines is 2. The van der Waals surface area contributed by atoms with E-state index in [9.17, 15) is 0 Å². The van der Waals surface area contributed by atoms with E-state index in [-0.39, 0.29) is 0 Å². The van der Waals surface area contributed by atoms with E-state index in [1.807, 2.05) is 43.3 Å². The summed E-state index contributed by atoms with van der Waals surface area (Å²) in [5, 5.41) is 4.63. The van der Waals surface area contributed by atoms with Crippen molar-refractivity contribution in [2.24, 2.45) is 0 Å². The lowest BCUT2D eigenvalue weighted by Crippen LogP contribution is -2.02. The Morgan fingerprint density at radius 3 is 2.56 bits per heavy atom. The zero-order valence-corrected chi connectivity index (χ0v) is 11.5. The second-order valence-electron chi connectivity index (χ2n) is 4.13. The van der Waals surface area contributed by atoms with Gasteiger partial charge in [-0.2, -0.15) is 0 Å². The Kier molecular flexibility index (Phi) is 4.00. The SMILES string of the molecule is Cc1cc(N)c(Cl)cc1NCc1ccccc1Cl. The number of halogens is 2. The molecule has 0 unspecified atom stereocenters. The molecule has 2 aromatic carbocycles. The van der Waals surface area contributed by atoms with Gasteiger partial charge in [0.2, 0.25) is 0 Å². The van der Waals surface area contributed by atoms with E-state index in [2.05, 4.69) is 5.32 Å². The number of benzene rings is 2. The average molecular weight is 281 g/mol. The van der Waals surface area contributed by atoms with E-state index in [0.29, 0.717) is 17.3 Å². The van der Waals surface area contributed by atoms with Crippen LogP contribution >= 0.6 is 23.2 Å². The third kappa shape index (κ3) is 2.89. The third-order valence-electron chi connectivity index (χ3n) is 2.77. The van der Waals surface area contributed by atoms with Crippen molar-refractivity contribution in [3.63, 3.8) is 0 Å². The summed E-state index contributed by atoms with van der Waals surface area (Å²) in [5.74, 6) is 0. The van der Waals surface area contributed by atoms with Crippen LogP contribution in [-0.4, -0.2) is 0 Å². The summed E-state index contributed by atoms with van der Waals surface area (Å²) < 4.78 is 0. The van der Waals surface area contributed by atoms with Gasteiger partial charge in [-0.25, -0.2) is 0 Å². The Hall–Kier alpha value is -1.38. The normalized spacial score (nSPS) is 10.4. The van der Waals surface area contributed by atoms with Crippen LogP contribution in [0.5, 0.6) is 0 Å². The number of nitrogens with two attached hydrogens (primary N) is 1. The van der Waals surface area contributed by atoms with Gasteiger partial charge >= 0.3 is 0 Å². The van der Waals surface area contributed by atoms with Crippen LogP contribution < -0.4 is 11.1 Å². The van der Waals surface area contributed by atoms with Crippen molar-refractivity contribution in [2.45, 2.75) is 13.5 Å². The van der Waals surface area contributed by atoms with Crippen molar-refractivity contribution in [3.05, 3.63) is 57.6 Å². The summed E-state index contributed by atoms with van der Waals surface area (Å²) >= 11 is 12.1. The molecule has 94 valence electrons. The van der Waals surface area contributed by atoms with Crippen LogP contribution in [0.15, 0.2) is 36.4 Å². The first-order valence-corrected chi connectivity index (χ1v) is 6.36. The minimum absolute atomic E-state index is 0.558. The molecule has 18 heavy (non-hydrogen) atoms. The van der Waals surface area contributed by atoms with Gasteiger partial charge in [-0.05, 0) is 36.2 Å². The van der Waals surface area contributed by atoms with Crippen LogP contribution in [0.4, 0.5) is 11.4 Å². The van der Waals surface area contributed by atoms with E-state index < -0.39 is 0 Å². The van der Waals surface area contributed by atoms with Crippen LogP contribution in [0.2, 0.25) is 10.0 Å². The van der Waals surface area contributed by atoms with E-state index in [1.165, 1.54) is 0 Å². The largest absolute Gasteiger partial charge is 0.398 e. The van der Waals surface area contributed by atoms with Crippen molar-refractivity contribution in [1.82, 2.24) is 0 Å². The molecule has 2 nitrogen and oxygen atoms in total. The molecule has 0 saturated heterocycles. The topological polar surface area (TPSA) is 38.0 Å². The second-order valence-corrected chi connectivity index (χ2v) is 4.95. The Balaban J connectivity index is 2.16. The molecule has 0 saturated carbocycles. The molecular weight excluding hydrogens is 267 g/mol. The zero-order valence-electron chi connectivity index (χ0n) is 10.0. The van der Waals surface area contributed by atoms with Gasteiger partial charge in [0, 0.05) is 17.3 Å². The van der Waals surface area contributed by atoms with Crippen LogP contribution in [-0.2, 0) is 6.54 Å². The molecule has 0 aliphatic carbocycles. The predicted octanol–water partition coefficient (Wildman–Crippen LogP) is 4.50. The molecule has 0 radical (unpaired) electrons. The Morgan fingerprint density at radius 2 is 1.83 bits per heavy atom. The van der Waals surface area contributed by atoms with E-state index in [4.69, 9.17) is 28.9 Å². The van der Waals surface area contributed by atoms with Gasteiger partial charge in [-0.1, -0.05) is 41.4 Å². The van der Waals surface area contributed by atoms with Gasteiger partial charge in [-0.15, -0.1) is 0 Å². The van der Waals surface area contributed by atoms with Crippen molar-refractivity contribution >= 4 is 34.6 Å². The Bertz CT molecular complexity index is 568. The molecule has 0 fully saturated rings. The van der Waals surface area contributed by atoms with Gasteiger partial charge in [0.15, 0.2) is 0 Å². The number of nitrogen functional groups attached to an aromatic ring is 1. The van der Waals surface area contributed by atoms with Crippen LogP contribution in [0.3, 0.4) is 0 Å². The number of nitrogens with one attached hydrogen (secondary N) is 1. The Morgan fingerprint density at radius 1 is 1.11 bits per heavy atom. The van der Waals surface area contributed by atoms with Gasteiger partial charge in [0.25, 0.3) is 0 Å². The van der Waals surface area contributed by atoms with Crippen LogP contribution in [0.1, 0.15) is 11.1 Å². The highest BCUT2D eigenvalue weighted by Crippen LogP contribution is 2.27. The molecule has 0 bridgehead atoms.